The number of rotatable bonds is 1. The van der Waals surface area contributed by atoms with Crippen LogP contribution in [0.4, 0.5) is 13.2 Å². The van der Waals surface area contributed by atoms with Crippen LogP contribution in [0, 0.1) is 6.92 Å². The second-order valence-corrected chi connectivity index (χ2v) is 3.53. The Morgan fingerprint density at radius 2 is 1.88 bits per heavy atom. The summed E-state index contributed by atoms with van der Waals surface area (Å²) in [5, 5.41) is 0.0146. The Balaban J connectivity index is 2.87. The Labute approximate surface area is 95.3 Å². The van der Waals surface area contributed by atoms with Crippen molar-refractivity contribution in [3.63, 3.8) is 0 Å². The van der Waals surface area contributed by atoms with E-state index < -0.39 is 11.7 Å². The molecule has 0 fully saturated rings. The molecule has 90 valence electrons. The molecule has 6 heteroatoms. The summed E-state index contributed by atoms with van der Waals surface area (Å²) < 4.78 is 43.5. The largest absolute Gasteiger partial charge is 0.497 e. The van der Waals surface area contributed by atoms with Crippen LogP contribution in [-0.2, 0) is 6.18 Å². The number of nitrogens with zero attached hydrogens (tertiary/aromatic N) is 2. The van der Waals surface area contributed by atoms with Crippen molar-refractivity contribution in [3.8, 4) is 5.75 Å². The van der Waals surface area contributed by atoms with Crippen LogP contribution in [0.15, 0.2) is 18.5 Å². The SMILES string of the molecule is COc1cc(C(F)(F)F)c2c(C)ncnc2c1. The van der Waals surface area contributed by atoms with Crippen molar-refractivity contribution < 1.29 is 17.9 Å². The van der Waals surface area contributed by atoms with Gasteiger partial charge in [-0.05, 0) is 13.0 Å². The van der Waals surface area contributed by atoms with Crippen LogP contribution >= 0.6 is 0 Å². The van der Waals surface area contributed by atoms with Gasteiger partial charge in [-0.1, -0.05) is 0 Å². The van der Waals surface area contributed by atoms with Gasteiger partial charge in [0.1, 0.15) is 12.1 Å². The van der Waals surface area contributed by atoms with E-state index in [-0.39, 0.29) is 16.7 Å². The predicted molar refractivity (Wildman–Crippen MR) is 55.8 cm³/mol. The zero-order valence-corrected chi connectivity index (χ0v) is 9.17. The Hall–Kier alpha value is -1.85. The number of halogens is 3. The molecule has 0 aliphatic heterocycles. The molecule has 0 spiro atoms. The number of benzene rings is 1. The van der Waals surface area contributed by atoms with E-state index in [1.165, 1.54) is 26.4 Å². The van der Waals surface area contributed by atoms with Crippen LogP contribution in [0.2, 0.25) is 0 Å². The molecule has 2 rings (SSSR count). The van der Waals surface area contributed by atoms with E-state index in [1.807, 2.05) is 0 Å². The Kier molecular flexibility index (Phi) is 2.65. The van der Waals surface area contributed by atoms with Crippen LogP contribution in [0.1, 0.15) is 11.3 Å². The van der Waals surface area contributed by atoms with Crippen molar-refractivity contribution in [1.82, 2.24) is 9.97 Å². The standard InChI is InChI=1S/C11H9F3N2O/c1-6-10-8(11(12,13)14)3-7(17-2)4-9(10)16-5-15-6/h3-5H,1-2H3. The van der Waals surface area contributed by atoms with Crippen molar-refractivity contribution >= 4 is 10.9 Å². The first kappa shape index (κ1) is 11.6. The quantitative estimate of drug-likeness (QED) is 0.771. The number of aromatic nitrogens is 2. The molecule has 1 aromatic carbocycles. The fourth-order valence-corrected chi connectivity index (χ4v) is 1.67. The van der Waals surface area contributed by atoms with Gasteiger partial charge in [0.2, 0.25) is 0 Å². The second kappa shape index (κ2) is 3.87. The minimum Gasteiger partial charge on any atom is -0.497 e. The lowest BCUT2D eigenvalue weighted by molar-refractivity contribution is -0.136. The third kappa shape index (κ3) is 2.02. The van der Waals surface area contributed by atoms with Crippen molar-refractivity contribution in [3.05, 3.63) is 29.7 Å². The van der Waals surface area contributed by atoms with Gasteiger partial charge in [-0.25, -0.2) is 9.97 Å². The molecule has 0 radical (unpaired) electrons. The number of ether oxygens (including phenoxy) is 1. The van der Waals surface area contributed by atoms with E-state index in [0.29, 0.717) is 5.69 Å². The molecule has 0 N–H and O–H groups in total. The van der Waals surface area contributed by atoms with Crippen LogP contribution in [0.25, 0.3) is 10.9 Å². The van der Waals surface area contributed by atoms with Gasteiger partial charge in [0.25, 0.3) is 0 Å². The molecule has 17 heavy (non-hydrogen) atoms. The molecule has 3 nitrogen and oxygen atoms in total. The summed E-state index contributed by atoms with van der Waals surface area (Å²) in [6.07, 6.45) is -3.22. The predicted octanol–water partition coefficient (Wildman–Crippen LogP) is 2.97. The summed E-state index contributed by atoms with van der Waals surface area (Å²) in [4.78, 5) is 7.62. The van der Waals surface area contributed by atoms with E-state index in [2.05, 4.69) is 9.97 Å². The number of methoxy groups -OCH3 is 1. The van der Waals surface area contributed by atoms with Crippen molar-refractivity contribution in [1.29, 1.82) is 0 Å². The molecular formula is C11H9F3N2O. The first-order valence-electron chi connectivity index (χ1n) is 4.80. The highest BCUT2D eigenvalue weighted by atomic mass is 19.4. The van der Waals surface area contributed by atoms with Crippen molar-refractivity contribution in [2.45, 2.75) is 13.1 Å². The van der Waals surface area contributed by atoms with Gasteiger partial charge in [-0.15, -0.1) is 0 Å². The second-order valence-electron chi connectivity index (χ2n) is 3.53. The van der Waals surface area contributed by atoms with E-state index in [9.17, 15) is 13.2 Å². The molecule has 0 unspecified atom stereocenters. The van der Waals surface area contributed by atoms with Gasteiger partial charge >= 0.3 is 6.18 Å². The van der Waals surface area contributed by atoms with Crippen molar-refractivity contribution in [2.24, 2.45) is 0 Å². The van der Waals surface area contributed by atoms with Crippen LogP contribution < -0.4 is 4.74 Å². The molecule has 1 heterocycles. The average Bonchev–Trinajstić information content (AvgIpc) is 2.26. The minimum atomic E-state index is -4.46. The number of hydrogen-bond donors (Lipinski definition) is 0. The molecule has 0 amide bonds. The number of fused-ring (bicyclic) bond motifs is 1. The Bertz CT molecular complexity index is 566. The highest BCUT2D eigenvalue weighted by molar-refractivity contribution is 5.86. The summed E-state index contributed by atoms with van der Waals surface area (Å²) in [5.41, 5.74) is -0.251. The van der Waals surface area contributed by atoms with Gasteiger partial charge in [-0.2, -0.15) is 13.2 Å². The zero-order valence-electron chi connectivity index (χ0n) is 9.17. The normalized spacial score (nSPS) is 11.8. The van der Waals surface area contributed by atoms with Crippen LogP contribution in [-0.4, -0.2) is 17.1 Å². The summed E-state index contributed by atoms with van der Waals surface area (Å²) in [7, 11) is 1.31. The minimum absolute atomic E-state index is 0.0146. The summed E-state index contributed by atoms with van der Waals surface area (Å²) in [6, 6.07) is 2.41. The molecule has 0 aliphatic rings. The van der Waals surface area contributed by atoms with Gasteiger partial charge in [0.05, 0.1) is 18.2 Å². The van der Waals surface area contributed by atoms with Gasteiger partial charge in [-0.3, -0.25) is 0 Å². The van der Waals surface area contributed by atoms with E-state index in [0.717, 1.165) is 6.07 Å². The third-order valence-corrected chi connectivity index (χ3v) is 2.44. The lowest BCUT2D eigenvalue weighted by Gasteiger charge is -2.13. The average molecular weight is 242 g/mol. The van der Waals surface area contributed by atoms with Gasteiger partial charge in [0, 0.05) is 17.1 Å². The molecule has 1 aromatic heterocycles. The van der Waals surface area contributed by atoms with E-state index in [4.69, 9.17) is 4.74 Å². The number of alkyl halides is 3. The molecule has 0 saturated heterocycles. The monoisotopic (exact) mass is 242 g/mol. The lowest BCUT2D eigenvalue weighted by Crippen LogP contribution is -2.08. The first-order chi connectivity index (χ1) is 7.93. The molecule has 0 aliphatic carbocycles. The maximum Gasteiger partial charge on any atom is 0.417 e. The molecule has 0 saturated carbocycles. The maximum absolute atomic E-state index is 12.9. The topological polar surface area (TPSA) is 35.0 Å². The summed E-state index contributed by atoms with van der Waals surface area (Å²) in [6.45, 7) is 1.52. The zero-order chi connectivity index (χ0) is 12.6. The Morgan fingerprint density at radius 3 is 2.47 bits per heavy atom. The Morgan fingerprint density at radius 1 is 1.18 bits per heavy atom. The number of aryl methyl sites for hydroxylation is 1. The maximum atomic E-state index is 12.9. The summed E-state index contributed by atoms with van der Waals surface area (Å²) in [5.74, 6) is 0.128. The third-order valence-electron chi connectivity index (χ3n) is 2.44. The molecule has 0 bridgehead atoms. The highest BCUT2D eigenvalue weighted by Gasteiger charge is 2.34. The molecular weight excluding hydrogens is 233 g/mol. The lowest BCUT2D eigenvalue weighted by atomic mass is 10.1. The molecule has 2 aromatic rings. The fraction of sp³-hybridized carbons (Fsp3) is 0.273. The van der Waals surface area contributed by atoms with Crippen molar-refractivity contribution in [2.75, 3.05) is 7.11 Å². The highest BCUT2D eigenvalue weighted by Crippen LogP contribution is 2.37. The van der Waals surface area contributed by atoms with Crippen LogP contribution in [0.3, 0.4) is 0 Å². The summed E-state index contributed by atoms with van der Waals surface area (Å²) >= 11 is 0. The van der Waals surface area contributed by atoms with Gasteiger partial charge < -0.3 is 4.74 Å². The van der Waals surface area contributed by atoms with Gasteiger partial charge in [0.15, 0.2) is 0 Å². The first-order valence-corrected chi connectivity index (χ1v) is 4.80. The van der Waals surface area contributed by atoms with Crippen LogP contribution in [0.5, 0.6) is 5.75 Å². The van der Waals surface area contributed by atoms with E-state index in [1.54, 1.807) is 0 Å². The smallest absolute Gasteiger partial charge is 0.417 e. The molecule has 0 atom stereocenters. The fourth-order valence-electron chi connectivity index (χ4n) is 1.67. The van der Waals surface area contributed by atoms with E-state index >= 15 is 0 Å². The number of hydrogen-bond acceptors (Lipinski definition) is 3.